The summed E-state index contributed by atoms with van der Waals surface area (Å²) in [5.74, 6) is 1.31. The number of hydrogen-bond donors (Lipinski definition) is 1. The molecule has 0 saturated heterocycles. The fourth-order valence-electron chi connectivity index (χ4n) is 3.77. The molecule has 2 fully saturated rings. The average molecular weight is 278 g/mol. The second-order valence-electron chi connectivity index (χ2n) is 6.15. The SMILES string of the molecule is O=C(N/N=C1\CC2CCC1C2)c1cccc2ccccc12. The summed E-state index contributed by atoms with van der Waals surface area (Å²) in [6.45, 7) is 0. The van der Waals surface area contributed by atoms with Crippen molar-refractivity contribution in [1.29, 1.82) is 0 Å². The Bertz CT molecular complexity index is 730. The Morgan fingerprint density at radius 1 is 1.10 bits per heavy atom. The lowest BCUT2D eigenvalue weighted by atomic mass is 9.99. The number of hydrogen-bond acceptors (Lipinski definition) is 2. The fourth-order valence-corrected chi connectivity index (χ4v) is 3.77. The van der Waals surface area contributed by atoms with E-state index < -0.39 is 0 Å². The van der Waals surface area contributed by atoms with E-state index in [0.29, 0.717) is 11.5 Å². The number of hydrazone groups is 1. The smallest absolute Gasteiger partial charge is 0.267 e. The van der Waals surface area contributed by atoms with E-state index in [9.17, 15) is 4.79 Å². The van der Waals surface area contributed by atoms with Crippen molar-refractivity contribution in [2.75, 3.05) is 0 Å². The van der Waals surface area contributed by atoms with Gasteiger partial charge < -0.3 is 0 Å². The summed E-state index contributed by atoms with van der Waals surface area (Å²) >= 11 is 0. The summed E-state index contributed by atoms with van der Waals surface area (Å²) in [5, 5.41) is 6.46. The molecule has 3 heteroatoms. The molecule has 2 bridgehead atoms. The normalized spacial score (nSPS) is 25.6. The van der Waals surface area contributed by atoms with Crippen molar-refractivity contribution in [3.05, 3.63) is 48.0 Å². The van der Waals surface area contributed by atoms with Gasteiger partial charge in [-0.3, -0.25) is 4.79 Å². The second kappa shape index (κ2) is 4.99. The van der Waals surface area contributed by atoms with Gasteiger partial charge in [0.15, 0.2) is 0 Å². The predicted octanol–water partition coefficient (Wildman–Crippen LogP) is 3.75. The molecule has 2 aromatic carbocycles. The van der Waals surface area contributed by atoms with Crippen molar-refractivity contribution >= 4 is 22.4 Å². The van der Waals surface area contributed by atoms with Gasteiger partial charge in [-0.2, -0.15) is 5.10 Å². The lowest BCUT2D eigenvalue weighted by Crippen LogP contribution is -2.22. The lowest BCUT2D eigenvalue weighted by Gasteiger charge is -2.12. The van der Waals surface area contributed by atoms with Gasteiger partial charge in [0.2, 0.25) is 0 Å². The first-order valence-corrected chi connectivity index (χ1v) is 7.66. The Morgan fingerprint density at radius 2 is 1.95 bits per heavy atom. The highest BCUT2D eigenvalue weighted by Crippen LogP contribution is 2.42. The molecule has 0 radical (unpaired) electrons. The summed E-state index contributed by atoms with van der Waals surface area (Å²) in [4.78, 5) is 12.4. The predicted molar refractivity (Wildman–Crippen MR) is 84.3 cm³/mol. The van der Waals surface area contributed by atoms with E-state index in [0.717, 1.165) is 23.1 Å². The number of nitrogens with one attached hydrogen (secondary N) is 1. The maximum atomic E-state index is 12.4. The van der Waals surface area contributed by atoms with Crippen LogP contribution in [0, 0.1) is 11.8 Å². The molecular weight excluding hydrogens is 260 g/mol. The van der Waals surface area contributed by atoms with E-state index in [1.165, 1.54) is 25.0 Å². The molecule has 0 spiro atoms. The lowest BCUT2D eigenvalue weighted by molar-refractivity contribution is 0.0956. The highest BCUT2D eigenvalue weighted by Gasteiger charge is 2.36. The second-order valence-corrected chi connectivity index (χ2v) is 6.15. The van der Waals surface area contributed by atoms with Gasteiger partial charge in [-0.1, -0.05) is 36.4 Å². The van der Waals surface area contributed by atoms with Gasteiger partial charge >= 0.3 is 0 Å². The molecule has 4 rings (SSSR count). The summed E-state index contributed by atoms with van der Waals surface area (Å²) in [7, 11) is 0. The molecule has 0 aliphatic heterocycles. The Kier molecular flexibility index (Phi) is 2.99. The zero-order chi connectivity index (χ0) is 14.2. The van der Waals surface area contributed by atoms with Gasteiger partial charge in [-0.25, -0.2) is 5.43 Å². The topological polar surface area (TPSA) is 41.5 Å². The van der Waals surface area contributed by atoms with E-state index in [2.05, 4.69) is 10.5 Å². The van der Waals surface area contributed by atoms with Gasteiger partial charge in [0.1, 0.15) is 0 Å². The van der Waals surface area contributed by atoms with Gasteiger partial charge in [-0.15, -0.1) is 0 Å². The van der Waals surface area contributed by atoms with E-state index in [4.69, 9.17) is 0 Å². The minimum atomic E-state index is -0.109. The molecule has 3 nitrogen and oxygen atoms in total. The van der Waals surface area contributed by atoms with Gasteiger partial charge in [-0.05, 0) is 54.4 Å². The quantitative estimate of drug-likeness (QED) is 0.835. The van der Waals surface area contributed by atoms with E-state index in [1.54, 1.807) is 0 Å². The van der Waals surface area contributed by atoms with Crippen LogP contribution < -0.4 is 5.43 Å². The number of rotatable bonds is 2. The van der Waals surface area contributed by atoms with Crippen LogP contribution >= 0.6 is 0 Å². The zero-order valence-corrected chi connectivity index (χ0v) is 11.9. The van der Waals surface area contributed by atoms with Gasteiger partial charge in [0, 0.05) is 11.3 Å². The van der Waals surface area contributed by atoms with Crippen LogP contribution in [0.15, 0.2) is 47.6 Å². The van der Waals surface area contributed by atoms with Crippen LogP contribution in [0.1, 0.15) is 36.0 Å². The largest absolute Gasteiger partial charge is 0.271 e. The van der Waals surface area contributed by atoms with Crippen LogP contribution in [0.3, 0.4) is 0 Å². The number of nitrogens with zero attached hydrogens (tertiary/aromatic N) is 1. The van der Waals surface area contributed by atoms with E-state index >= 15 is 0 Å². The van der Waals surface area contributed by atoms with Crippen molar-refractivity contribution in [2.45, 2.75) is 25.7 Å². The van der Waals surface area contributed by atoms with E-state index in [-0.39, 0.29) is 5.91 Å². The summed E-state index contributed by atoms with van der Waals surface area (Å²) < 4.78 is 0. The highest BCUT2D eigenvalue weighted by atomic mass is 16.2. The number of carbonyl (C=O) groups is 1. The summed E-state index contributed by atoms with van der Waals surface area (Å²) in [6, 6.07) is 13.7. The van der Waals surface area contributed by atoms with Crippen LogP contribution in [0.5, 0.6) is 0 Å². The number of fused-ring (bicyclic) bond motifs is 3. The highest BCUT2D eigenvalue weighted by molar-refractivity contribution is 6.07. The third kappa shape index (κ3) is 2.23. The molecule has 106 valence electrons. The van der Waals surface area contributed by atoms with E-state index in [1.807, 2.05) is 42.5 Å². The Morgan fingerprint density at radius 3 is 2.76 bits per heavy atom. The van der Waals surface area contributed by atoms with Gasteiger partial charge in [0.25, 0.3) is 5.91 Å². The maximum absolute atomic E-state index is 12.4. The molecule has 2 aliphatic carbocycles. The van der Waals surface area contributed by atoms with Crippen molar-refractivity contribution in [3.8, 4) is 0 Å². The first-order valence-electron chi connectivity index (χ1n) is 7.66. The van der Waals surface area contributed by atoms with Crippen molar-refractivity contribution in [1.82, 2.24) is 5.43 Å². The third-order valence-electron chi connectivity index (χ3n) is 4.85. The molecular formula is C18H18N2O. The van der Waals surface area contributed by atoms with Crippen LogP contribution in [0.4, 0.5) is 0 Å². The molecule has 2 unspecified atom stereocenters. The summed E-state index contributed by atoms with van der Waals surface area (Å²) in [5.41, 5.74) is 4.66. The van der Waals surface area contributed by atoms with Crippen LogP contribution in [0.2, 0.25) is 0 Å². The van der Waals surface area contributed by atoms with Crippen LogP contribution in [-0.4, -0.2) is 11.6 Å². The minimum absolute atomic E-state index is 0.109. The van der Waals surface area contributed by atoms with Gasteiger partial charge in [0.05, 0.1) is 0 Å². The molecule has 2 aliphatic rings. The molecule has 2 aromatic rings. The Balaban J connectivity index is 1.58. The fraction of sp³-hybridized carbons (Fsp3) is 0.333. The van der Waals surface area contributed by atoms with Crippen molar-refractivity contribution in [2.24, 2.45) is 16.9 Å². The first kappa shape index (κ1) is 12.6. The zero-order valence-electron chi connectivity index (χ0n) is 11.9. The molecule has 21 heavy (non-hydrogen) atoms. The van der Waals surface area contributed by atoms with Crippen molar-refractivity contribution in [3.63, 3.8) is 0 Å². The average Bonchev–Trinajstić information content (AvgIpc) is 3.15. The van der Waals surface area contributed by atoms with Crippen LogP contribution in [0.25, 0.3) is 10.8 Å². The van der Waals surface area contributed by atoms with Crippen LogP contribution in [-0.2, 0) is 0 Å². The number of carbonyl (C=O) groups excluding carboxylic acids is 1. The maximum Gasteiger partial charge on any atom is 0.271 e. The molecule has 2 saturated carbocycles. The monoisotopic (exact) mass is 278 g/mol. The minimum Gasteiger partial charge on any atom is -0.267 e. The first-order chi connectivity index (χ1) is 10.3. The Hall–Kier alpha value is -2.16. The molecule has 2 atom stereocenters. The summed E-state index contributed by atoms with van der Waals surface area (Å²) in [6.07, 6.45) is 4.91. The molecule has 0 aromatic heterocycles. The molecule has 1 N–H and O–H groups in total. The molecule has 0 heterocycles. The number of amides is 1. The molecule has 1 amide bonds. The number of benzene rings is 2. The third-order valence-corrected chi connectivity index (χ3v) is 4.85. The standard InChI is InChI=1S/C18H18N2O/c21-18(20-19-17-11-12-8-9-14(17)10-12)16-7-3-5-13-4-1-2-6-15(13)16/h1-7,12,14H,8-11H2,(H,20,21)/b19-17+. The Labute approximate surface area is 124 Å². The van der Waals surface area contributed by atoms with Crippen molar-refractivity contribution < 1.29 is 4.79 Å².